The Balaban J connectivity index is 2.20. The lowest BCUT2D eigenvalue weighted by Gasteiger charge is -1.96. The van der Waals surface area contributed by atoms with Crippen LogP contribution < -0.4 is 5.32 Å². The molecule has 1 aromatic carbocycles. The van der Waals surface area contributed by atoms with E-state index in [4.69, 9.17) is 4.42 Å². The third-order valence-electron chi connectivity index (χ3n) is 2.42. The number of nitrogens with zero attached hydrogens (tertiary/aromatic N) is 1. The smallest absolute Gasteiger partial charge is 0.196 e. The highest BCUT2D eigenvalue weighted by molar-refractivity contribution is 5.75. The van der Waals surface area contributed by atoms with Crippen molar-refractivity contribution in [2.75, 3.05) is 13.1 Å². The van der Waals surface area contributed by atoms with Crippen LogP contribution in [0, 0.1) is 6.92 Å². The molecule has 0 aliphatic carbocycles. The molecule has 0 aliphatic heterocycles. The van der Waals surface area contributed by atoms with Crippen LogP contribution in [0.4, 0.5) is 0 Å². The van der Waals surface area contributed by atoms with E-state index in [0.29, 0.717) is 0 Å². The Hall–Kier alpha value is -1.35. The minimum absolute atomic E-state index is 0.820. The van der Waals surface area contributed by atoms with Gasteiger partial charge in [0.1, 0.15) is 5.52 Å². The molecule has 15 heavy (non-hydrogen) atoms. The normalized spacial score (nSPS) is 11.1. The van der Waals surface area contributed by atoms with Crippen LogP contribution in [0.25, 0.3) is 11.1 Å². The summed E-state index contributed by atoms with van der Waals surface area (Å²) in [5.41, 5.74) is 3.03. The van der Waals surface area contributed by atoms with E-state index in [1.54, 1.807) is 0 Å². The van der Waals surface area contributed by atoms with Gasteiger partial charge in [-0.3, -0.25) is 0 Å². The second-order valence-electron chi connectivity index (χ2n) is 3.63. The molecule has 1 aromatic heterocycles. The third-order valence-corrected chi connectivity index (χ3v) is 2.42. The van der Waals surface area contributed by atoms with Crippen molar-refractivity contribution >= 4 is 11.1 Å². The summed E-state index contributed by atoms with van der Waals surface area (Å²) in [7, 11) is 0. The van der Waals surface area contributed by atoms with Crippen LogP contribution in [0.1, 0.15) is 18.4 Å². The number of hydrogen-bond acceptors (Lipinski definition) is 3. The van der Waals surface area contributed by atoms with Crippen molar-refractivity contribution in [2.24, 2.45) is 0 Å². The molecule has 0 bridgehead atoms. The highest BCUT2D eigenvalue weighted by Gasteiger charge is 2.06. The van der Waals surface area contributed by atoms with Gasteiger partial charge >= 0.3 is 0 Å². The molecule has 0 amide bonds. The minimum atomic E-state index is 0.820. The average molecular weight is 204 g/mol. The van der Waals surface area contributed by atoms with Gasteiger partial charge in [-0.2, -0.15) is 0 Å². The lowest BCUT2D eigenvalue weighted by atomic mass is 10.2. The molecule has 0 unspecified atom stereocenters. The van der Waals surface area contributed by atoms with E-state index in [2.05, 4.69) is 17.2 Å². The van der Waals surface area contributed by atoms with E-state index >= 15 is 0 Å². The summed E-state index contributed by atoms with van der Waals surface area (Å²) in [5.74, 6) is 0.820. The van der Waals surface area contributed by atoms with Gasteiger partial charge in [-0.15, -0.1) is 0 Å². The first-order valence-corrected chi connectivity index (χ1v) is 5.37. The predicted octanol–water partition coefficient (Wildman–Crippen LogP) is 2.29. The van der Waals surface area contributed by atoms with E-state index in [1.807, 2.05) is 25.1 Å². The number of hydrogen-bond donors (Lipinski definition) is 1. The molecule has 3 nitrogen and oxygen atoms in total. The molecular formula is C12H16N2O. The minimum Gasteiger partial charge on any atom is -0.440 e. The largest absolute Gasteiger partial charge is 0.440 e. The van der Waals surface area contributed by atoms with Gasteiger partial charge in [0.2, 0.25) is 0 Å². The number of oxazole rings is 1. The van der Waals surface area contributed by atoms with E-state index in [1.165, 1.54) is 0 Å². The van der Waals surface area contributed by atoms with Gasteiger partial charge in [0.05, 0.1) is 0 Å². The van der Waals surface area contributed by atoms with Crippen LogP contribution in [0.3, 0.4) is 0 Å². The summed E-state index contributed by atoms with van der Waals surface area (Å²) < 4.78 is 5.69. The maximum absolute atomic E-state index is 5.69. The molecule has 0 radical (unpaired) electrons. The summed E-state index contributed by atoms with van der Waals surface area (Å²) in [6.45, 7) is 6.04. The molecule has 2 aromatic rings. The Kier molecular flexibility index (Phi) is 3.02. The third kappa shape index (κ3) is 2.18. The summed E-state index contributed by atoms with van der Waals surface area (Å²) >= 11 is 0. The van der Waals surface area contributed by atoms with E-state index in [-0.39, 0.29) is 0 Å². The van der Waals surface area contributed by atoms with Crippen LogP contribution in [-0.4, -0.2) is 18.1 Å². The molecule has 0 saturated carbocycles. The lowest BCUT2D eigenvalue weighted by molar-refractivity contribution is 0.516. The van der Waals surface area contributed by atoms with Crippen molar-refractivity contribution in [2.45, 2.75) is 20.3 Å². The first kappa shape index (κ1) is 10.2. The molecule has 2 rings (SSSR count). The zero-order valence-electron chi connectivity index (χ0n) is 9.21. The first-order valence-electron chi connectivity index (χ1n) is 5.37. The fourth-order valence-electron chi connectivity index (χ4n) is 1.61. The number of benzene rings is 1. The average Bonchev–Trinajstić information content (AvgIpc) is 2.63. The summed E-state index contributed by atoms with van der Waals surface area (Å²) in [6, 6.07) is 6.04. The van der Waals surface area contributed by atoms with Gasteiger partial charge < -0.3 is 9.73 Å². The van der Waals surface area contributed by atoms with Crippen LogP contribution in [-0.2, 0) is 6.42 Å². The van der Waals surface area contributed by atoms with Crippen molar-refractivity contribution in [1.82, 2.24) is 10.3 Å². The van der Waals surface area contributed by atoms with Crippen molar-refractivity contribution in [3.63, 3.8) is 0 Å². The number of nitrogens with one attached hydrogen (secondary N) is 1. The first-order chi connectivity index (χ1) is 7.31. The quantitative estimate of drug-likeness (QED) is 0.776. The van der Waals surface area contributed by atoms with Crippen molar-refractivity contribution < 1.29 is 4.42 Å². The predicted molar refractivity (Wildman–Crippen MR) is 61.0 cm³/mol. The van der Waals surface area contributed by atoms with Gasteiger partial charge in [0.25, 0.3) is 0 Å². The molecule has 1 heterocycles. The maximum atomic E-state index is 5.69. The Morgan fingerprint density at radius 3 is 3.00 bits per heavy atom. The fraction of sp³-hybridized carbons (Fsp3) is 0.417. The topological polar surface area (TPSA) is 38.1 Å². The van der Waals surface area contributed by atoms with Crippen LogP contribution in [0.15, 0.2) is 22.6 Å². The Morgan fingerprint density at radius 2 is 2.27 bits per heavy atom. The molecule has 3 heteroatoms. The SMILES string of the molecule is CCNCCc1nc2cccc(C)c2o1. The van der Waals surface area contributed by atoms with Crippen LogP contribution in [0.5, 0.6) is 0 Å². The lowest BCUT2D eigenvalue weighted by Crippen LogP contribution is -2.16. The monoisotopic (exact) mass is 204 g/mol. The van der Waals surface area contributed by atoms with Crippen molar-refractivity contribution in [3.05, 3.63) is 29.7 Å². The molecular weight excluding hydrogens is 188 g/mol. The molecule has 0 atom stereocenters. The molecule has 0 spiro atoms. The summed E-state index contributed by atoms with van der Waals surface area (Å²) in [6.07, 6.45) is 0.849. The van der Waals surface area contributed by atoms with Gasteiger partial charge in [-0.25, -0.2) is 4.98 Å². The fourth-order valence-corrected chi connectivity index (χ4v) is 1.61. The zero-order valence-corrected chi connectivity index (χ0v) is 9.21. The molecule has 80 valence electrons. The van der Waals surface area contributed by atoms with E-state index < -0.39 is 0 Å². The Labute approximate surface area is 89.5 Å². The Morgan fingerprint density at radius 1 is 1.40 bits per heavy atom. The van der Waals surface area contributed by atoms with E-state index in [0.717, 1.165) is 42.1 Å². The molecule has 0 aliphatic rings. The summed E-state index contributed by atoms with van der Waals surface area (Å²) in [5, 5.41) is 3.26. The van der Waals surface area contributed by atoms with Crippen molar-refractivity contribution in [1.29, 1.82) is 0 Å². The van der Waals surface area contributed by atoms with Gasteiger partial charge in [-0.1, -0.05) is 19.1 Å². The number of aryl methyl sites for hydroxylation is 1. The van der Waals surface area contributed by atoms with Gasteiger partial charge in [0, 0.05) is 13.0 Å². The number of fused-ring (bicyclic) bond motifs is 1. The number of likely N-dealkylation sites (N-methyl/N-ethyl adjacent to an activating group) is 1. The number of aromatic nitrogens is 1. The number of para-hydroxylation sites is 1. The standard InChI is InChI=1S/C12H16N2O/c1-3-13-8-7-11-14-10-6-4-5-9(2)12(10)15-11/h4-6,13H,3,7-8H2,1-2H3. The van der Waals surface area contributed by atoms with Crippen LogP contribution in [0.2, 0.25) is 0 Å². The molecule has 0 saturated heterocycles. The van der Waals surface area contributed by atoms with Gasteiger partial charge in [-0.05, 0) is 25.1 Å². The second-order valence-corrected chi connectivity index (χ2v) is 3.63. The highest BCUT2D eigenvalue weighted by atomic mass is 16.3. The highest BCUT2D eigenvalue weighted by Crippen LogP contribution is 2.19. The number of rotatable bonds is 4. The molecule has 1 N–H and O–H groups in total. The summed E-state index contributed by atoms with van der Waals surface area (Å²) in [4.78, 5) is 4.44. The Bertz CT molecular complexity index is 448. The molecule has 0 fully saturated rings. The van der Waals surface area contributed by atoms with E-state index in [9.17, 15) is 0 Å². The second kappa shape index (κ2) is 4.45. The van der Waals surface area contributed by atoms with Crippen molar-refractivity contribution in [3.8, 4) is 0 Å². The van der Waals surface area contributed by atoms with Crippen LogP contribution >= 0.6 is 0 Å². The van der Waals surface area contributed by atoms with Gasteiger partial charge in [0.15, 0.2) is 11.5 Å². The zero-order chi connectivity index (χ0) is 10.7. The maximum Gasteiger partial charge on any atom is 0.196 e.